The van der Waals surface area contributed by atoms with E-state index >= 15 is 0 Å². The molecule has 3 N–H and O–H groups in total. The summed E-state index contributed by atoms with van der Waals surface area (Å²) < 4.78 is 0. The molecule has 0 aromatic heterocycles. The number of nitrogens with zero attached hydrogens (tertiary/aromatic N) is 1. The lowest BCUT2D eigenvalue weighted by Crippen LogP contribution is -2.40. The molecule has 1 saturated heterocycles. The van der Waals surface area contributed by atoms with Crippen LogP contribution >= 0.6 is 0 Å². The van der Waals surface area contributed by atoms with Crippen molar-refractivity contribution in [3.63, 3.8) is 0 Å². The molecule has 0 aromatic rings. The molecule has 0 aromatic carbocycles. The maximum Gasteiger partial charge on any atom is 0.0938 e. The lowest BCUT2D eigenvalue weighted by atomic mass is 9.85. The van der Waals surface area contributed by atoms with Crippen LogP contribution in [0.4, 0.5) is 0 Å². The molecule has 3 unspecified atom stereocenters. The maximum atomic E-state index is 9.44. The van der Waals surface area contributed by atoms with E-state index < -0.39 is 12.2 Å². The van der Waals surface area contributed by atoms with Crippen LogP contribution in [0.1, 0.15) is 27.2 Å². The van der Waals surface area contributed by atoms with Crippen LogP contribution in [0.25, 0.3) is 0 Å². The van der Waals surface area contributed by atoms with Crippen molar-refractivity contribution in [2.45, 2.75) is 45.4 Å². The SMILES string of the molecule is CNC(CCN1CC(O)C(O)C1)C(C)(C)C. The van der Waals surface area contributed by atoms with Gasteiger partial charge in [-0.15, -0.1) is 0 Å². The van der Waals surface area contributed by atoms with E-state index in [0.29, 0.717) is 19.1 Å². The number of hydrogen-bond acceptors (Lipinski definition) is 4. The second-order valence-electron chi connectivity index (χ2n) is 5.89. The van der Waals surface area contributed by atoms with Gasteiger partial charge in [0.15, 0.2) is 0 Å². The minimum Gasteiger partial charge on any atom is -0.389 e. The first kappa shape index (κ1) is 13.9. The second-order valence-corrected chi connectivity index (χ2v) is 5.89. The molecule has 1 aliphatic rings. The number of aliphatic hydroxyl groups excluding tert-OH is 2. The van der Waals surface area contributed by atoms with Gasteiger partial charge in [0, 0.05) is 19.1 Å². The van der Waals surface area contributed by atoms with Crippen molar-refractivity contribution in [2.75, 3.05) is 26.7 Å². The Morgan fingerprint density at radius 3 is 2.12 bits per heavy atom. The lowest BCUT2D eigenvalue weighted by Gasteiger charge is -2.31. The highest BCUT2D eigenvalue weighted by Gasteiger charge is 2.30. The minimum absolute atomic E-state index is 0.242. The zero-order valence-electron chi connectivity index (χ0n) is 10.9. The molecule has 16 heavy (non-hydrogen) atoms. The molecule has 1 rings (SSSR count). The Kier molecular flexibility index (Phi) is 4.73. The van der Waals surface area contributed by atoms with E-state index in [1.54, 1.807) is 0 Å². The van der Waals surface area contributed by atoms with Crippen molar-refractivity contribution in [3.05, 3.63) is 0 Å². The largest absolute Gasteiger partial charge is 0.389 e. The second kappa shape index (κ2) is 5.45. The number of aliphatic hydroxyl groups is 2. The summed E-state index contributed by atoms with van der Waals surface area (Å²) in [6.07, 6.45) is -0.0928. The molecule has 0 radical (unpaired) electrons. The third-order valence-electron chi connectivity index (χ3n) is 3.46. The Bertz CT molecular complexity index is 206. The number of hydrogen-bond donors (Lipinski definition) is 3. The molecule has 0 bridgehead atoms. The Hall–Kier alpha value is -0.160. The van der Waals surface area contributed by atoms with Crippen molar-refractivity contribution in [3.8, 4) is 0 Å². The average Bonchev–Trinajstić information content (AvgIpc) is 2.45. The standard InChI is InChI=1S/C12H26N2O2/c1-12(2,3)11(13-4)5-6-14-7-9(15)10(16)8-14/h9-11,13,15-16H,5-8H2,1-4H3. The Labute approximate surface area is 98.6 Å². The number of β-amino-alcohol motifs (C(OH)–C–C–N with tert-alkyl or cyclic N) is 2. The van der Waals surface area contributed by atoms with Crippen LogP contribution < -0.4 is 5.32 Å². The zero-order chi connectivity index (χ0) is 12.3. The third kappa shape index (κ3) is 3.70. The van der Waals surface area contributed by atoms with Crippen LogP contribution in [0, 0.1) is 5.41 Å². The first-order valence-electron chi connectivity index (χ1n) is 6.10. The zero-order valence-corrected chi connectivity index (χ0v) is 10.9. The van der Waals surface area contributed by atoms with Gasteiger partial charge in [0.25, 0.3) is 0 Å². The lowest BCUT2D eigenvalue weighted by molar-refractivity contribution is 0.0572. The van der Waals surface area contributed by atoms with Crippen molar-refractivity contribution in [1.29, 1.82) is 0 Å². The molecule has 96 valence electrons. The van der Waals surface area contributed by atoms with Crippen LogP contribution in [0.2, 0.25) is 0 Å². The van der Waals surface area contributed by atoms with Gasteiger partial charge in [-0.05, 0) is 25.4 Å². The Morgan fingerprint density at radius 1 is 1.25 bits per heavy atom. The maximum absolute atomic E-state index is 9.44. The summed E-state index contributed by atoms with van der Waals surface area (Å²) in [4.78, 5) is 2.13. The Morgan fingerprint density at radius 2 is 1.75 bits per heavy atom. The summed E-state index contributed by atoms with van der Waals surface area (Å²) >= 11 is 0. The van der Waals surface area contributed by atoms with Crippen LogP contribution in [0.3, 0.4) is 0 Å². The molecule has 4 nitrogen and oxygen atoms in total. The van der Waals surface area contributed by atoms with E-state index in [1.807, 2.05) is 7.05 Å². The number of rotatable bonds is 4. The minimum atomic E-state index is -0.567. The summed E-state index contributed by atoms with van der Waals surface area (Å²) in [6.45, 7) is 8.80. The predicted molar refractivity (Wildman–Crippen MR) is 65.4 cm³/mol. The molecule has 4 heteroatoms. The van der Waals surface area contributed by atoms with Gasteiger partial charge in [-0.1, -0.05) is 20.8 Å². The highest BCUT2D eigenvalue weighted by atomic mass is 16.3. The molecule has 1 heterocycles. The molecule has 3 atom stereocenters. The topological polar surface area (TPSA) is 55.7 Å². The molecular formula is C12H26N2O2. The fourth-order valence-corrected chi connectivity index (χ4v) is 2.35. The molecule has 1 aliphatic heterocycles. The third-order valence-corrected chi connectivity index (χ3v) is 3.46. The van der Waals surface area contributed by atoms with E-state index in [4.69, 9.17) is 0 Å². The summed E-state index contributed by atoms with van der Waals surface area (Å²) in [5.41, 5.74) is 0.242. The predicted octanol–water partition coefficient (Wildman–Crippen LogP) is 0.0480. The van der Waals surface area contributed by atoms with Crippen LogP contribution in [-0.2, 0) is 0 Å². The molecule has 0 spiro atoms. The fourth-order valence-electron chi connectivity index (χ4n) is 2.35. The van der Waals surface area contributed by atoms with Crippen molar-refractivity contribution in [2.24, 2.45) is 5.41 Å². The van der Waals surface area contributed by atoms with Gasteiger partial charge in [0.05, 0.1) is 12.2 Å². The summed E-state index contributed by atoms with van der Waals surface area (Å²) in [5.74, 6) is 0. The van der Waals surface area contributed by atoms with E-state index in [1.165, 1.54) is 0 Å². The van der Waals surface area contributed by atoms with Gasteiger partial charge in [0.1, 0.15) is 0 Å². The first-order valence-corrected chi connectivity index (χ1v) is 6.10. The van der Waals surface area contributed by atoms with Crippen molar-refractivity contribution in [1.82, 2.24) is 10.2 Å². The summed E-state index contributed by atoms with van der Waals surface area (Å²) in [7, 11) is 1.99. The smallest absolute Gasteiger partial charge is 0.0938 e. The first-order chi connectivity index (χ1) is 7.34. The molecular weight excluding hydrogens is 204 g/mol. The van der Waals surface area contributed by atoms with Gasteiger partial charge in [0.2, 0.25) is 0 Å². The van der Waals surface area contributed by atoms with Crippen molar-refractivity contribution < 1.29 is 10.2 Å². The molecule has 0 amide bonds. The molecule has 1 fully saturated rings. The Balaban J connectivity index is 2.34. The summed E-state index contributed by atoms with van der Waals surface area (Å²) in [6, 6.07) is 0.461. The van der Waals surface area contributed by atoms with Crippen molar-refractivity contribution >= 4 is 0 Å². The van der Waals surface area contributed by atoms with Gasteiger partial charge in [-0.3, -0.25) is 4.90 Å². The van der Waals surface area contributed by atoms with E-state index in [-0.39, 0.29) is 5.41 Å². The highest BCUT2D eigenvalue weighted by Crippen LogP contribution is 2.22. The van der Waals surface area contributed by atoms with Gasteiger partial charge >= 0.3 is 0 Å². The monoisotopic (exact) mass is 230 g/mol. The molecule has 0 aliphatic carbocycles. The highest BCUT2D eigenvalue weighted by molar-refractivity contribution is 4.86. The van der Waals surface area contributed by atoms with E-state index in [0.717, 1.165) is 13.0 Å². The molecule has 0 saturated carbocycles. The fraction of sp³-hybridized carbons (Fsp3) is 1.00. The van der Waals surface area contributed by atoms with Gasteiger partial charge in [-0.2, -0.15) is 0 Å². The summed E-state index contributed by atoms with van der Waals surface area (Å²) in [5, 5.41) is 22.2. The van der Waals surface area contributed by atoms with E-state index in [9.17, 15) is 10.2 Å². The normalized spacial score (nSPS) is 29.6. The quantitative estimate of drug-likeness (QED) is 0.639. The number of nitrogens with one attached hydrogen (secondary N) is 1. The van der Waals surface area contributed by atoms with E-state index in [2.05, 4.69) is 31.0 Å². The van der Waals surface area contributed by atoms with Crippen LogP contribution in [0.15, 0.2) is 0 Å². The number of likely N-dealkylation sites (tertiary alicyclic amines) is 1. The van der Waals surface area contributed by atoms with Crippen LogP contribution in [-0.4, -0.2) is 60.0 Å². The van der Waals surface area contributed by atoms with Gasteiger partial charge in [-0.25, -0.2) is 0 Å². The van der Waals surface area contributed by atoms with Gasteiger partial charge < -0.3 is 15.5 Å². The average molecular weight is 230 g/mol. The van der Waals surface area contributed by atoms with Crippen LogP contribution in [0.5, 0.6) is 0 Å².